The highest BCUT2D eigenvalue weighted by Gasteiger charge is 2.09. The van der Waals surface area contributed by atoms with Crippen LogP contribution in [0.3, 0.4) is 0 Å². The van der Waals surface area contributed by atoms with E-state index in [2.05, 4.69) is 10.5 Å². The third-order valence-electron chi connectivity index (χ3n) is 4.04. The lowest BCUT2D eigenvalue weighted by Gasteiger charge is -2.06. The van der Waals surface area contributed by atoms with E-state index < -0.39 is 16.8 Å². The average Bonchev–Trinajstić information content (AvgIpc) is 3.16. The number of aromatic nitrogens is 1. The molecule has 1 amide bonds. The summed E-state index contributed by atoms with van der Waals surface area (Å²) in [6.45, 7) is 0. The number of amides is 1. The smallest absolute Gasteiger partial charge is 0.335 e. The fraction of sp³-hybridized carbons (Fsp3) is 0.0500. The van der Waals surface area contributed by atoms with Crippen molar-refractivity contribution in [3.8, 4) is 5.69 Å². The van der Waals surface area contributed by atoms with Gasteiger partial charge in [-0.2, -0.15) is 5.10 Å². The molecule has 0 saturated carbocycles. The molecule has 0 aliphatic rings. The highest BCUT2D eigenvalue weighted by Crippen LogP contribution is 2.14. The van der Waals surface area contributed by atoms with Crippen molar-refractivity contribution in [2.75, 3.05) is 0 Å². The van der Waals surface area contributed by atoms with Crippen molar-refractivity contribution >= 4 is 23.8 Å². The fourth-order valence-electron chi connectivity index (χ4n) is 2.67. The van der Waals surface area contributed by atoms with Gasteiger partial charge in [0.2, 0.25) is 5.91 Å². The number of non-ortho nitro benzene ring substituents is 1. The number of hydrogen-bond donors (Lipinski definition) is 2. The van der Waals surface area contributed by atoms with E-state index in [4.69, 9.17) is 5.11 Å². The fourth-order valence-corrected chi connectivity index (χ4v) is 2.67. The zero-order valence-electron chi connectivity index (χ0n) is 15.1. The van der Waals surface area contributed by atoms with Crippen LogP contribution in [0, 0.1) is 10.1 Å². The first-order valence-corrected chi connectivity index (χ1v) is 8.50. The van der Waals surface area contributed by atoms with Crippen LogP contribution in [-0.2, 0) is 11.2 Å². The Hall–Kier alpha value is -4.27. The van der Waals surface area contributed by atoms with Gasteiger partial charge in [-0.1, -0.05) is 12.1 Å². The quantitative estimate of drug-likeness (QED) is 0.363. The molecule has 9 nitrogen and oxygen atoms in total. The predicted molar refractivity (Wildman–Crippen MR) is 105 cm³/mol. The molecular weight excluding hydrogens is 376 g/mol. The second-order valence-electron chi connectivity index (χ2n) is 6.05. The van der Waals surface area contributed by atoms with Gasteiger partial charge in [-0.25, -0.2) is 10.2 Å². The minimum Gasteiger partial charge on any atom is -0.478 e. The van der Waals surface area contributed by atoms with Gasteiger partial charge in [-0.3, -0.25) is 14.9 Å². The van der Waals surface area contributed by atoms with E-state index in [1.165, 1.54) is 36.5 Å². The Morgan fingerprint density at radius 3 is 2.59 bits per heavy atom. The van der Waals surface area contributed by atoms with Crippen LogP contribution >= 0.6 is 0 Å². The molecule has 0 aliphatic heterocycles. The minimum absolute atomic E-state index is 0.0450. The number of hydrogen-bond acceptors (Lipinski definition) is 5. The van der Waals surface area contributed by atoms with E-state index in [0.717, 1.165) is 5.69 Å². The van der Waals surface area contributed by atoms with Gasteiger partial charge < -0.3 is 9.67 Å². The Kier molecular flexibility index (Phi) is 5.79. The maximum absolute atomic E-state index is 12.0. The molecule has 0 saturated heterocycles. The van der Waals surface area contributed by atoms with Crippen molar-refractivity contribution in [2.45, 2.75) is 6.42 Å². The number of carbonyl (C=O) groups is 2. The highest BCUT2D eigenvalue weighted by atomic mass is 16.6. The summed E-state index contributed by atoms with van der Waals surface area (Å²) in [5, 5.41) is 23.7. The van der Waals surface area contributed by atoms with Crippen LogP contribution < -0.4 is 5.43 Å². The molecule has 1 aromatic heterocycles. The van der Waals surface area contributed by atoms with Crippen molar-refractivity contribution in [1.29, 1.82) is 0 Å². The third-order valence-corrected chi connectivity index (χ3v) is 4.04. The minimum atomic E-state index is -1.00. The standard InChI is InChI=1S/C20H16N4O5/c25-19(12-14-3-1-4-17(11-14)24(28)29)22-21-13-18-5-2-10-23(18)16-8-6-15(7-9-16)20(26)27/h1-11,13H,12H2,(H,22,25)(H,26,27)/b21-13+. The number of nitrogens with zero attached hydrogens (tertiary/aromatic N) is 3. The molecular formula is C20H16N4O5. The van der Waals surface area contributed by atoms with E-state index in [9.17, 15) is 19.7 Å². The zero-order chi connectivity index (χ0) is 20.8. The summed E-state index contributed by atoms with van der Waals surface area (Å²) in [4.78, 5) is 33.2. The van der Waals surface area contributed by atoms with E-state index in [1.807, 2.05) is 0 Å². The van der Waals surface area contributed by atoms with E-state index in [-0.39, 0.29) is 17.7 Å². The van der Waals surface area contributed by atoms with Crippen molar-refractivity contribution in [3.05, 3.63) is 93.8 Å². The Morgan fingerprint density at radius 1 is 1.14 bits per heavy atom. The summed E-state index contributed by atoms with van der Waals surface area (Å²) < 4.78 is 1.78. The van der Waals surface area contributed by atoms with Crippen LogP contribution in [0.5, 0.6) is 0 Å². The van der Waals surface area contributed by atoms with Gasteiger partial charge >= 0.3 is 5.97 Å². The molecule has 0 fully saturated rings. The summed E-state index contributed by atoms with van der Waals surface area (Å²) in [5.41, 5.74) is 4.42. The van der Waals surface area contributed by atoms with Crippen molar-refractivity contribution in [2.24, 2.45) is 5.10 Å². The Morgan fingerprint density at radius 2 is 1.90 bits per heavy atom. The Balaban J connectivity index is 1.65. The number of nitro groups is 1. The normalized spacial score (nSPS) is 10.8. The van der Waals surface area contributed by atoms with Gasteiger partial charge in [-0.05, 0) is 42.0 Å². The number of aromatic carboxylic acids is 1. The molecule has 3 aromatic rings. The van der Waals surface area contributed by atoms with E-state index in [1.54, 1.807) is 41.1 Å². The van der Waals surface area contributed by atoms with Gasteiger partial charge in [0.25, 0.3) is 5.69 Å². The lowest BCUT2D eigenvalue weighted by molar-refractivity contribution is -0.384. The molecule has 1 heterocycles. The summed E-state index contributed by atoms with van der Waals surface area (Å²) in [7, 11) is 0. The number of carboxylic acids is 1. The zero-order valence-corrected chi connectivity index (χ0v) is 15.1. The molecule has 0 unspecified atom stereocenters. The maximum atomic E-state index is 12.0. The SMILES string of the molecule is O=C(Cc1cccc([N+](=O)[O-])c1)N/N=C/c1cccn1-c1ccc(C(=O)O)cc1. The number of carbonyl (C=O) groups excluding carboxylic acids is 1. The van der Waals surface area contributed by atoms with Gasteiger partial charge in [0.15, 0.2) is 0 Å². The molecule has 9 heteroatoms. The Labute approximate surface area is 165 Å². The highest BCUT2D eigenvalue weighted by molar-refractivity contribution is 5.88. The lowest BCUT2D eigenvalue weighted by atomic mass is 10.1. The van der Waals surface area contributed by atoms with Crippen LogP contribution in [0.2, 0.25) is 0 Å². The molecule has 0 radical (unpaired) electrons. The molecule has 0 spiro atoms. The molecule has 3 rings (SSSR count). The van der Waals surface area contributed by atoms with Gasteiger partial charge in [-0.15, -0.1) is 0 Å². The van der Waals surface area contributed by atoms with Gasteiger partial charge in [0.05, 0.1) is 28.8 Å². The molecule has 29 heavy (non-hydrogen) atoms. The summed E-state index contributed by atoms with van der Waals surface area (Å²) >= 11 is 0. The topological polar surface area (TPSA) is 127 Å². The lowest BCUT2D eigenvalue weighted by Crippen LogP contribution is -2.20. The van der Waals surface area contributed by atoms with Crippen LogP contribution in [0.25, 0.3) is 5.69 Å². The molecule has 2 N–H and O–H groups in total. The first-order valence-electron chi connectivity index (χ1n) is 8.50. The molecule has 2 aromatic carbocycles. The van der Waals surface area contributed by atoms with E-state index in [0.29, 0.717) is 11.3 Å². The number of hydrazone groups is 1. The van der Waals surface area contributed by atoms with Crippen molar-refractivity contribution in [3.63, 3.8) is 0 Å². The molecule has 146 valence electrons. The monoisotopic (exact) mass is 392 g/mol. The van der Waals surface area contributed by atoms with Crippen LogP contribution in [0.1, 0.15) is 21.6 Å². The van der Waals surface area contributed by atoms with Crippen LogP contribution in [0.4, 0.5) is 5.69 Å². The second-order valence-corrected chi connectivity index (χ2v) is 6.05. The summed E-state index contributed by atoms with van der Waals surface area (Å²) in [6, 6.07) is 15.8. The molecule has 0 bridgehead atoms. The van der Waals surface area contributed by atoms with Crippen molar-refractivity contribution in [1.82, 2.24) is 9.99 Å². The number of benzene rings is 2. The first kappa shape index (κ1) is 19.5. The maximum Gasteiger partial charge on any atom is 0.335 e. The number of carboxylic acid groups (broad SMARTS) is 1. The van der Waals surface area contributed by atoms with Gasteiger partial charge in [0.1, 0.15) is 0 Å². The second kappa shape index (κ2) is 8.61. The number of nitrogens with one attached hydrogen (secondary N) is 1. The average molecular weight is 392 g/mol. The first-order chi connectivity index (χ1) is 13.9. The summed E-state index contributed by atoms with van der Waals surface area (Å²) in [5.74, 6) is -1.41. The third kappa shape index (κ3) is 4.92. The van der Waals surface area contributed by atoms with Crippen LogP contribution in [-0.4, -0.2) is 32.7 Å². The number of nitro benzene ring substituents is 1. The molecule has 0 aliphatic carbocycles. The summed E-state index contributed by atoms with van der Waals surface area (Å²) in [6.07, 6.45) is 3.19. The van der Waals surface area contributed by atoms with Crippen LogP contribution in [0.15, 0.2) is 72.0 Å². The molecule has 0 atom stereocenters. The van der Waals surface area contributed by atoms with Crippen molar-refractivity contribution < 1.29 is 19.6 Å². The van der Waals surface area contributed by atoms with E-state index >= 15 is 0 Å². The predicted octanol–water partition coefficient (Wildman–Crippen LogP) is 2.78. The number of rotatable bonds is 7. The largest absolute Gasteiger partial charge is 0.478 e. The van der Waals surface area contributed by atoms with Gasteiger partial charge in [0, 0.05) is 24.0 Å². The Bertz CT molecular complexity index is 1090.